The molecule has 2 aliphatic carbocycles. The minimum absolute atomic E-state index is 0.0591. The molecular weight excluding hydrogens is 629 g/mol. The minimum atomic E-state index is -0.166. The van der Waals surface area contributed by atoms with Gasteiger partial charge in [0, 0.05) is 27.5 Å². The van der Waals surface area contributed by atoms with Gasteiger partial charge < -0.3 is 0 Å². The number of hydrogen-bond acceptors (Lipinski definition) is 2. The van der Waals surface area contributed by atoms with E-state index in [4.69, 9.17) is 9.97 Å². The monoisotopic (exact) mass is 666 g/mol. The largest absolute Gasteiger partial charge is 0.228 e. The Morgan fingerprint density at radius 2 is 0.865 bits per heavy atom. The fraction of sp³-hybridized carbons (Fsp3) is 0.120. The summed E-state index contributed by atoms with van der Waals surface area (Å²) in [6, 6.07) is 57.3. The zero-order chi connectivity index (χ0) is 35.2. The third-order valence-electron chi connectivity index (χ3n) is 11.7. The summed E-state index contributed by atoms with van der Waals surface area (Å²) in [5, 5.41) is 2.39. The van der Waals surface area contributed by atoms with Crippen molar-refractivity contribution in [2.45, 2.75) is 38.5 Å². The lowest BCUT2D eigenvalue weighted by Gasteiger charge is -2.24. The molecule has 248 valence electrons. The van der Waals surface area contributed by atoms with Gasteiger partial charge in [-0.05, 0) is 78.5 Å². The molecule has 0 bridgehead atoms. The summed E-state index contributed by atoms with van der Waals surface area (Å²) in [5.74, 6) is 0.729. The van der Waals surface area contributed by atoms with E-state index in [0.29, 0.717) is 0 Å². The van der Waals surface area contributed by atoms with Crippen molar-refractivity contribution >= 4 is 10.8 Å². The van der Waals surface area contributed by atoms with E-state index in [-0.39, 0.29) is 10.8 Å². The molecule has 1 aromatic heterocycles. The van der Waals surface area contributed by atoms with Gasteiger partial charge in [-0.1, -0.05) is 173 Å². The van der Waals surface area contributed by atoms with Crippen molar-refractivity contribution in [1.29, 1.82) is 0 Å². The Labute approximate surface area is 305 Å². The van der Waals surface area contributed by atoms with Crippen molar-refractivity contribution in [1.82, 2.24) is 9.97 Å². The molecule has 10 rings (SSSR count). The fourth-order valence-electron chi connectivity index (χ4n) is 9.15. The average Bonchev–Trinajstić information content (AvgIpc) is 3.57. The highest BCUT2D eigenvalue weighted by atomic mass is 14.9. The van der Waals surface area contributed by atoms with Crippen molar-refractivity contribution in [3.05, 3.63) is 180 Å². The lowest BCUT2D eigenvalue weighted by atomic mass is 9.79. The molecule has 0 amide bonds. The van der Waals surface area contributed by atoms with Gasteiger partial charge in [0.05, 0.1) is 11.4 Å². The molecule has 0 saturated carbocycles. The number of hydrogen-bond donors (Lipinski definition) is 0. The molecule has 52 heavy (non-hydrogen) atoms. The summed E-state index contributed by atoms with van der Waals surface area (Å²) >= 11 is 0. The predicted molar refractivity (Wildman–Crippen MR) is 216 cm³/mol. The number of rotatable bonds is 4. The Morgan fingerprint density at radius 1 is 0.346 bits per heavy atom. The minimum Gasteiger partial charge on any atom is -0.228 e. The molecule has 0 spiro atoms. The van der Waals surface area contributed by atoms with Crippen LogP contribution in [0.25, 0.3) is 78.1 Å². The molecule has 2 aliphatic rings. The molecule has 1 heterocycles. The Morgan fingerprint density at radius 3 is 1.62 bits per heavy atom. The topological polar surface area (TPSA) is 25.8 Å². The predicted octanol–water partition coefficient (Wildman–Crippen LogP) is 12.9. The van der Waals surface area contributed by atoms with Crippen LogP contribution in [-0.4, -0.2) is 9.97 Å². The number of fused-ring (bicyclic) bond motifs is 7. The summed E-state index contributed by atoms with van der Waals surface area (Å²) in [6.07, 6.45) is 0. The maximum absolute atomic E-state index is 5.30. The Bertz CT molecular complexity index is 2730. The molecule has 2 nitrogen and oxygen atoms in total. The van der Waals surface area contributed by atoms with Crippen molar-refractivity contribution in [3.8, 4) is 67.3 Å². The van der Waals surface area contributed by atoms with Crippen LogP contribution < -0.4 is 0 Å². The maximum Gasteiger partial charge on any atom is 0.160 e. The summed E-state index contributed by atoms with van der Waals surface area (Å²) < 4.78 is 0. The van der Waals surface area contributed by atoms with E-state index in [1.807, 2.05) is 6.07 Å². The molecule has 8 aromatic rings. The van der Waals surface area contributed by atoms with Crippen LogP contribution in [0, 0.1) is 0 Å². The smallest absolute Gasteiger partial charge is 0.160 e. The summed E-state index contributed by atoms with van der Waals surface area (Å²) in [4.78, 5) is 10.6. The first-order valence-electron chi connectivity index (χ1n) is 18.3. The molecule has 0 saturated heterocycles. The van der Waals surface area contributed by atoms with Gasteiger partial charge in [-0.3, -0.25) is 0 Å². The summed E-state index contributed by atoms with van der Waals surface area (Å²) in [6.45, 7) is 9.38. The van der Waals surface area contributed by atoms with Crippen LogP contribution in [0.5, 0.6) is 0 Å². The molecule has 0 atom stereocenters. The summed E-state index contributed by atoms with van der Waals surface area (Å²) in [7, 11) is 0. The van der Waals surface area contributed by atoms with Crippen LogP contribution in [0.2, 0.25) is 0 Å². The first-order chi connectivity index (χ1) is 25.3. The summed E-state index contributed by atoms with van der Waals surface area (Å²) in [5.41, 5.74) is 18.1. The normalized spacial score (nSPS) is 14.5. The Balaban J connectivity index is 1.16. The van der Waals surface area contributed by atoms with Gasteiger partial charge in [0.25, 0.3) is 0 Å². The second kappa shape index (κ2) is 11.2. The van der Waals surface area contributed by atoms with Crippen LogP contribution in [0.15, 0.2) is 158 Å². The maximum atomic E-state index is 5.30. The third kappa shape index (κ3) is 4.43. The van der Waals surface area contributed by atoms with Crippen molar-refractivity contribution < 1.29 is 0 Å². The molecule has 0 fully saturated rings. The van der Waals surface area contributed by atoms with Gasteiger partial charge in [0.2, 0.25) is 0 Å². The molecule has 0 aliphatic heterocycles. The SMILES string of the molecule is CC1(C)c2ccccc2-c2ccc(-c3ccc(-c4cc(-c5cccc6c5C(C)(C)c5ccccc5-6)nc(-c5ccccc5)n4)c4ccccc34)cc21. The van der Waals surface area contributed by atoms with Gasteiger partial charge >= 0.3 is 0 Å². The van der Waals surface area contributed by atoms with Gasteiger partial charge in [-0.2, -0.15) is 0 Å². The number of aromatic nitrogens is 2. The highest BCUT2D eigenvalue weighted by molar-refractivity contribution is 6.05. The molecule has 2 heteroatoms. The molecule has 0 unspecified atom stereocenters. The standard InChI is InChI=1S/C50H38N2/c1-49(2)42-23-12-10-19-36(42)38-26-25-32(29-44(38)49)33-27-28-39(35-18-9-8-17-34(33)35)45-30-46(52-48(51-45)31-15-6-5-7-16-31)41-22-14-21-40-37-20-11-13-24-43(37)50(3,4)47(40)41/h5-30H,1-4H3. The van der Waals surface area contributed by atoms with E-state index >= 15 is 0 Å². The highest BCUT2D eigenvalue weighted by Crippen LogP contribution is 2.53. The van der Waals surface area contributed by atoms with Crippen LogP contribution in [0.4, 0.5) is 0 Å². The van der Waals surface area contributed by atoms with Crippen LogP contribution in [0.1, 0.15) is 49.9 Å². The van der Waals surface area contributed by atoms with E-state index in [1.54, 1.807) is 0 Å². The van der Waals surface area contributed by atoms with Gasteiger partial charge in [-0.15, -0.1) is 0 Å². The van der Waals surface area contributed by atoms with Crippen molar-refractivity contribution in [3.63, 3.8) is 0 Å². The highest BCUT2D eigenvalue weighted by Gasteiger charge is 2.38. The number of benzene rings is 7. The van der Waals surface area contributed by atoms with Crippen molar-refractivity contribution in [2.75, 3.05) is 0 Å². The van der Waals surface area contributed by atoms with E-state index in [2.05, 4.69) is 179 Å². The van der Waals surface area contributed by atoms with Gasteiger partial charge in [0.1, 0.15) is 0 Å². The van der Waals surface area contributed by atoms with E-state index in [1.165, 1.54) is 66.4 Å². The van der Waals surface area contributed by atoms with Crippen molar-refractivity contribution in [2.24, 2.45) is 0 Å². The van der Waals surface area contributed by atoms with Crippen LogP contribution in [-0.2, 0) is 10.8 Å². The third-order valence-corrected chi connectivity index (χ3v) is 11.7. The molecule has 7 aromatic carbocycles. The lowest BCUT2D eigenvalue weighted by molar-refractivity contribution is 0.660. The zero-order valence-corrected chi connectivity index (χ0v) is 29.9. The second-order valence-corrected chi connectivity index (χ2v) is 15.4. The molecule has 0 radical (unpaired) electrons. The first kappa shape index (κ1) is 30.7. The Kier molecular flexibility index (Phi) is 6.60. The van der Waals surface area contributed by atoms with Crippen LogP contribution >= 0.6 is 0 Å². The van der Waals surface area contributed by atoms with E-state index in [9.17, 15) is 0 Å². The van der Waals surface area contributed by atoms with Gasteiger partial charge in [0.15, 0.2) is 5.82 Å². The quantitative estimate of drug-likeness (QED) is 0.187. The lowest BCUT2D eigenvalue weighted by Crippen LogP contribution is -2.16. The molecular formula is C50H38N2. The average molecular weight is 667 g/mol. The van der Waals surface area contributed by atoms with E-state index < -0.39 is 0 Å². The zero-order valence-electron chi connectivity index (χ0n) is 29.9. The van der Waals surface area contributed by atoms with Crippen LogP contribution in [0.3, 0.4) is 0 Å². The first-order valence-corrected chi connectivity index (χ1v) is 18.3. The molecule has 0 N–H and O–H groups in total. The second-order valence-electron chi connectivity index (χ2n) is 15.4. The fourth-order valence-corrected chi connectivity index (χ4v) is 9.15. The van der Waals surface area contributed by atoms with Gasteiger partial charge in [-0.25, -0.2) is 9.97 Å². The Hall–Kier alpha value is -6.12. The van der Waals surface area contributed by atoms with E-state index in [0.717, 1.165) is 33.9 Å². The number of nitrogens with zero attached hydrogens (tertiary/aromatic N) is 2.